The van der Waals surface area contributed by atoms with Gasteiger partial charge in [-0.05, 0) is 59.6 Å². The lowest BCUT2D eigenvalue weighted by molar-refractivity contribution is 0.0943. The average molecular weight is 415 g/mol. The number of carbonyl (C=O) groups excluding carboxylic acids is 1. The number of benzene rings is 1. The molecule has 8 heteroatoms. The van der Waals surface area contributed by atoms with E-state index in [1.54, 1.807) is 32.0 Å². The minimum Gasteiger partial charge on any atom is -0.493 e. The van der Waals surface area contributed by atoms with Crippen LogP contribution in [0.4, 0.5) is 0 Å². The predicted molar refractivity (Wildman–Crippen MR) is 97.7 cm³/mol. The molecule has 7 nitrogen and oxygen atoms in total. The van der Waals surface area contributed by atoms with Gasteiger partial charge in [0, 0.05) is 5.69 Å². The molecule has 0 saturated heterocycles. The molecule has 1 heterocycles. The molecule has 132 valence electrons. The monoisotopic (exact) mass is 414 g/mol. The number of hydrogen-bond acceptors (Lipinski definition) is 6. The first-order valence-electron chi connectivity index (χ1n) is 7.48. The Morgan fingerprint density at radius 3 is 2.62 bits per heavy atom. The van der Waals surface area contributed by atoms with E-state index in [1.165, 1.54) is 17.9 Å². The molecule has 0 aliphatic heterocycles. The lowest BCUT2D eigenvalue weighted by atomic mass is 10.1. The van der Waals surface area contributed by atoms with Gasteiger partial charge in [-0.2, -0.15) is 15.6 Å². The van der Waals surface area contributed by atoms with Crippen LogP contribution in [0.25, 0.3) is 6.08 Å². The molecule has 0 aliphatic carbocycles. The highest BCUT2D eigenvalue weighted by Gasteiger charge is 2.17. The zero-order valence-electron chi connectivity index (χ0n) is 14.4. The fourth-order valence-corrected chi connectivity index (χ4v) is 2.90. The van der Waals surface area contributed by atoms with Crippen molar-refractivity contribution in [3.63, 3.8) is 0 Å². The highest BCUT2D eigenvalue weighted by atomic mass is 79.9. The Morgan fingerprint density at radius 2 is 2.08 bits per heavy atom. The summed E-state index contributed by atoms with van der Waals surface area (Å²) in [6.07, 6.45) is 1.44. The van der Waals surface area contributed by atoms with Crippen LogP contribution in [0, 0.1) is 36.5 Å². The highest BCUT2D eigenvalue weighted by molar-refractivity contribution is 9.10. The lowest BCUT2D eigenvalue weighted by Crippen LogP contribution is -2.15. The molecule has 0 saturated carbocycles. The minimum atomic E-state index is -0.516. The van der Waals surface area contributed by atoms with Gasteiger partial charge in [0.15, 0.2) is 18.1 Å². The van der Waals surface area contributed by atoms with Crippen molar-refractivity contribution in [1.82, 2.24) is 9.78 Å². The molecule has 0 unspecified atom stereocenters. The van der Waals surface area contributed by atoms with Crippen molar-refractivity contribution in [3.05, 3.63) is 45.2 Å². The minimum absolute atomic E-state index is 0.0733. The molecular formula is C18H15BrN4O3. The molecule has 0 fully saturated rings. The van der Waals surface area contributed by atoms with Gasteiger partial charge in [0.2, 0.25) is 0 Å². The van der Waals surface area contributed by atoms with Crippen molar-refractivity contribution in [2.75, 3.05) is 13.7 Å². The normalized spacial score (nSPS) is 10.8. The van der Waals surface area contributed by atoms with E-state index in [9.17, 15) is 10.1 Å². The van der Waals surface area contributed by atoms with E-state index in [4.69, 9.17) is 14.7 Å². The number of nitriles is 2. The van der Waals surface area contributed by atoms with Crippen LogP contribution in [0.5, 0.6) is 11.5 Å². The van der Waals surface area contributed by atoms with Gasteiger partial charge >= 0.3 is 0 Å². The quantitative estimate of drug-likeness (QED) is 0.548. The van der Waals surface area contributed by atoms with Crippen molar-refractivity contribution < 1.29 is 14.3 Å². The summed E-state index contributed by atoms with van der Waals surface area (Å²) >= 11 is 3.35. The largest absolute Gasteiger partial charge is 0.493 e. The second-order valence-corrected chi connectivity index (χ2v) is 6.15. The van der Waals surface area contributed by atoms with Gasteiger partial charge in [0.25, 0.3) is 5.91 Å². The smallest absolute Gasteiger partial charge is 0.289 e. The Kier molecular flexibility index (Phi) is 6.16. The Morgan fingerprint density at radius 1 is 1.35 bits per heavy atom. The lowest BCUT2D eigenvalue weighted by Gasteiger charge is -2.11. The molecule has 26 heavy (non-hydrogen) atoms. The molecule has 0 radical (unpaired) electrons. The Labute approximate surface area is 159 Å². The van der Waals surface area contributed by atoms with Crippen molar-refractivity contribution in [2.45, 2.75) is 13.8 Å². The molecule has 1 aromatic heterocycles. The predicted octanol–water partition coefficient (Wildman–Crippen LogP) is 3.42. The number of aryl methyl sites for hydroxylation is 2. The molecule has 2 rings (SSSR count). The number of allylic oxidation sites excluding steroid dienone is 1. The number of rotatable bonds is 5. The Balaban J connectivity index is 2.45. The molecule has 0 bridgehead atoms. The van der Waals surface area contributed by atoms with Crippen LogP contribution >= 0.6 is 15.9 Å². The zero-order valence-corrected chi connectivity index (χ0v) is 16.0. The first kappa shape index (κ1) is 19.2. The van der Waals surface area contributed by atoms with Crippen LogP contribution in [0.2, 0.25) is 0 Å². The summed E-state index contributed by atoms with van der Waals surface area (Å²) in [5.41, 5.74) is 1.82. The molecule has 0 spiro atoms. The number of methoxy groups -OCH3 is 1. The number of halogens is 1. The van der Waals surface area contributed by atoms with Crippen LogP contribution in [0.15, 0.2) is 28.2 Å². The average Bonchev–Trinajstić information content (AvgIpc) is 2.95. The molecule has 0 atom stereocenters. The second kappa shape index (κ2) is 8.32. The summed E-state index contributed by atoms with van der Waals surface area (Å²) in [5.74, 6) is 0.226. The fraction of sp³-hybridized carbons (Fsp3) is 0.222. The summed E-state index contributed by atoms with van der Waals surface area (Å²) in [6, 6.07) is 8.83. The van der Waals surface area contributed by atoms with E-state index in [0.29, 0.717) is 32.9 Å². The Bertz CT molecular complexity index is 964. The summed E-state index contributed by atoms with van der Waals surface area (Å²) in [6.45, 7) is 3.38. The third kappa shape index (κ3) is 4.11. The van der Waals surface area contributed by atoms with E-state index in [-0.39, 0.29) is 12.2 Å². The van der Waals surface area contributed by atoms with Crippen LogP contribution in [-0.4, -0.2) is 29.4 Å². The topological polar surface area (TPSA) is 101 Å². The van der Waals surface area contributed by atoms with Gasteiger partial charge in [-0.1, -0.05) is 0 Å². The molecule has 0 N–H and O–H groups in total. The standard InChI is InChI=1S/C18H15BrN4O3/c1-11-6-12(2)23(22-11)18(24)14(10-21)7-13-8-15(19)17(26-5-4-20)16(9-13)25-3/h6-9H,5H2,1-3H3/b14-7+. The molecule has 1 aromatic carbocycles. The van der Waals surface area contributed by atoms with Crippen molar-refractivity contribution in [2.24, 2.45) is 0 Å². The van der Waals surface area contributed by atoms with Crippen molar-refractivity contribution in [3.8, 4) is 23.6 Å². The number of nitrogens with zero attached hydrogens (tertiary/aromatic N) is 4. The van der Waals surface area contributed by atoms with Gasteiger partial charge in [0.05, 0.1) is 17.3 Å². The molecule has 0 amide bonds. The van der Waals surface area contributed by atoms with E-state index >= 15 is 0 Å². The van der Waals surface area contributed by atoms with E-state index < -0.39 is 5.91 Å². The van der Waals surface area contributed by atoms with E-state index in [2.05, 4.69) is 21.0 Å². The van der Waals surface area contributed by atoms with Gasteiger partial charge in [-0.15, -0.1) is 0 Å². The first-order chi connectivity index (χ1) is 12.4. The zero-order chi connectivity index (χ0) is 19.3. The van der Waals surface area contributed by atoms with Crippen LogP contribution in [0.3, 0.4) is 0 Å². The van der Waals surface area contributed by atoms with E-state index in [0.717, 1.165) is 0 Å². The number of hydrogen-bond donors (Lipinski definition) is 0. The fourth-order valence-electron chi connectivity index (χ4n) is 2.32. The number of aromatic nitrogens is 2. The van der Waals surface area contributed by atoms with Gasteiger partial charge in [-0.25, -0.2) is 4.68 Å². The number of ether oxygens (including phenoxy) is 2. The summed E-state index contributed by atoms with van der Waals surface area (Å²) < 4.78 is 12.3. The maximum absolute atomic E-state index is 12.6. The molecule has 2 aromatic rings. The molecule has 0 aliphatic rings. The van der Waals surface area contributed by atoms with Crippen molar-refractivity contribution >= 4 is 27.9 Å². The second-order valence-electron chi connectivity index (χ2n) is 5.29. The van der Waals surface area contributed by atoms with Gasteiger partial charge in [0.1, 0.15) is 17.7 Å². The van der Waals surface area contributed by atoms with Crippen LogP contribution in [0.1, 0.15) is 21.7 Å². The maximum Gasteiger partial charge on any atom is 0.289 e. The van der Waals surface area contributed by atoms with E-state index in [1.807, 2.05) is 12.1 Å². The van der Waals surface area contributed by atoms with Crippen LogP contribution in [-0.2, 0) is 0 Å². The maximum atomic E-state index is 12.6. The van der Waals surface area contributed by atoms with Crippen LogP contribution < -0.4 is 9.47 Å². The SMILES string of the molecule is COc1cc(/C=C(\C#N)C(=O)n2nc(C)cc2C)cc(Br)c1OCC#N. The highest BCUT2D eigenvalue weighted by Crippen LogP contribution is 2.37. The summed E-state index contributed by atoms with van der Waals surface area (Å²) in [4.78, 5) is 12.6. The van der Waals surface area contributed by atoms with Gasteiger partial charge in [-0.3, -0.25) is 4.79 Å². The summed E-state index contributed by atoms with van der Waals surface area (Å²) in [5, 5.41) is 22.2. The Hall–Kier alpha value is -3.10. The van der Waals surface area contributed by atoms with Crippen molar-refractivity contribution in [1.29, 1.82) is 10.5 Å². The van der Waals surface area contributed by atoms with Gasteiger partial charge < -0.3 is 9.47 Å². The third-order valence-electron chi connectivity index (χ3n) is 3.40. The number of carbonyl (C=O) groups is 1. The third-order valence-corrected chi connectivity index (χ3v) is 3.99. The summed E-state index contributed by atoms with van der Waals surface area (Å²) in [7, 11) is 1.46. The first-order valence-corrected chi connectivity index (χ1v) is 8.27. The molecular weight excluding hydrogens is 400 g/mol.